The molecule has 1 heterocycles. The van der Waals surface area contributed by atoms with E-state index in [1.807, 2.05) is 0 Å². The van der Waals surface area contributed by atoms with Crippen molar-refractivity contribution < 1.29 is 23.7 Å². The third-order valence-corrected chi connectivity index (χ3v) is 5.78. The van der Waals surface area contributed by atoms with Gasteiger partial charge in [-0.25, -0.2) is 0 Å². The Hall–Kier alpha value is -0.200. The van der Waals surface area contributed by atoms with Gasteiger partial charge in [0.05, 0.1) is 39.1 Å². The van der Waals surface area contributed by atoms with Crippen molar-refractivity contribution in [2.45, 2.75) is 130 Å². The number of ether oxygens (including phenoxy) is 5. The molecule has 0 aromatic rings. The summed E-state index contributed by atoms with van der Waals surface area (Å²) >= 11 is 0. The molecule has 1 rings (SSSR count). The van der Waals surface area contributed by atoms with Crippen LogP contribution in [0.25, 0.3) is 0 Å². The Kier molecular flexibility index (Phi) is 17.0. The van der Waals surface area contributed by atoms with Crippen molar-refractivity contribution >= 4 is 0 Å². The molecule has 0 amide bonds. The molecule has 31 heavy (non-hydrogen) atoms. The largest absolute Gasteiger partial charge is 0.375 e. The Bertz CT molecular complexity index is 377. The van der Waals surface area contributed by atoms with Gasteiger partial charge in [0.15, 0.2) is 0 Å². The summed E-state index contributed by atoms with van der Waals surface area (Å²) in [7, 11) is 0. The average molecular weight is 445 g/mol. The lowest BCUT2D eigenvalue weighted by atomic mass is 9.90. The fourth-order valence-electron chi connectivity index (χ4n) is 3.89. The van der Waals surface area contributed by atoms with Crippen molar-refractivity contribution in [3.63, 3.8) is 0 Å². The van der Waals surface area contributed by atoms with Crippen molar-refractivity contribution in [3.05, 3.63) is 0 Å². The van der Waals surface area contributed by atoms with E-state index in [1.165, 1.54) is 25.7 Å². The summed E-state index contributed by atoms with van der Waals surface area (Å²) in [5, 5.41) is 0. The van der Waals surface area contributed by atoms with Gasteiger partial charge in [-0.2, -0.15) is 0 Å². The fraction of sp³-hybridized carbons (Fsp3) is 1.00. The van der Waals surface area contributed by atoms with Crippen LogP contribution >= 0.6 is 0 Å². The van der Waals surface area contributed by atoms with Crippen LogP contribution in [0.4, 0.5) is 0 Å². The van der Waals surface area contributed by atoms with Crippen molar-refractivity contribution in [3.8, 4) is 0 Å². The van der Waals surface area contributed by atoms with Crippen LogP contribution in [-0.2, 0) is 23.7 Å². The Morgan fingerprint density at radius 3 is 1.81 bits per heavy atom. The highest BCUT2D eigenvalue weighted by Crippen LogP contribution is 2.36. The zero-order valence-electron chi connectivity index (χ0n) is 21.3. The van der Waals surface area contributed by atoms with Crippen molar-refractivity contribution in [1.29, 1.82) is 0 Å². The zero-order chi connectivity index (χ0) is 22.8. The first-order valence-corrected chi connectivity index (χ1v) is 13.3. The molecule has 0 saturated carbocycles. The SMILES string of the molecule is CCCCCCC(CC(CCCC)C(OCCC)(OCCC)OCCC)OCC1CO1. The minimum absolute atomic E-state index is 0.161. The first-order chi connectivity index (χ1) is 15.2. The van der Waals surface area contributed by atoms with Gasteiger partial charge in [0.25, 0.3) is 5.97 Å². The van der Waals surface area contributed by atoms with Gasteiger partial charge in [0, 0.05) is 5.92 Å². The van der Waals surface area contributed by atoms with Crippen LogP contribution < -0.4 is 0 Å². The maximum atomic E-state index is 6.40. The van der Waals surface area contributed by atoms with Gasteiger partial charge < -0.3 is 23.7 Å². The predicted molar refractivity (Wildman–Crippen MR) is 127 cm³/mol. The lowest BCUT2D eigenvalue weighted by molar-refractivity contribution is -0.408. The Morgan fingerprint density at radius 1 is 0.742 bits per heavy atom. The van der Waals surface area contributed by atoms with Crippen LogP contribution in [-0.4, -0.2) is 51.2 Å². The molecular formula is C26H52O5. The average Bonchev–Trinajstić information content (AvgIpc) is 3.61. The number of hydrogen-bond donors (Lipinski definition) is 0. The Morgan fingerprint density at radius 2 is 1.32 bits per heavy atom. The predicted octanol–water partition coefficient (Wildman–Crippen LogP) is 6.87. The van der Waals surface area contributed by atoms with E-state index in [0.717, 1.165) is 58.0 Å². The number of rotatable bonds is 23. The van der Waals surface area contributed by atoms with E-state index in [1.54, 1.807) is 0 Å². The third-order valence-electron chi connectivity index (χ3n) is 5.78. The standard InChI is InChI=1S/C26H52O5/c1-6-11-13-14-16-24(27-21-25-22-28-25)20-23(15-12-7-2)26(29-17-8-3,30-18-9-4)31-19-10-5/h23-25H,6-22H2,1-5H3. The summed E-state index contributed by atoms with van der Waals surface area (Å²) in [6, 6.07) is 0. The molecule has 3 atom stereocenters. The first-order valence-electron chi connectivity index (χ1n) is 13.3. The zero-order valence-corrected chi connectivity index (χ0v) is 21.3. The molecule has 5 heteroatoms. The molecule has 1 saturated heterocycles. The Labute approximate surface area is 192 Å². The van der Waals surface area contributed by atoms with Crippen LogP contribution in [0.1, 0.15) is 112 Å². The lowest BCUT2D eigenvalue weighted by Crippen LogP contribution is -2.48. The second kappa shape index (κ2) is 18.3. The van der Waals surface area contributed by atoms with Gasteiger partial charge in [-0.1, -0.05) is 73.1 Å². The molecule has 0 aliphatic carbocycles. The van der Waals surface area contributed by atoms with Crippen molar-refractivity contribution in [2.24, 2.45) is 5.92 Å². The summed E-state index contributed by atoms with van der Waals surface area (Å²) in [6.45, 7) is 14.4. The van der Waals surface area contributed by atoms with Crippen LogP contribution in [0.3, 0.4) is 0 Å². The van der Waals surface area contributed by atoms with E-state index < -0.39 is 5.97 Å². The molecule has 5 nitrogen and oxygen atoms in total. The monoisotopic (exact) mass is 444 g/mol. The van der Waals surface area contributed by atoms with Gasteiger partial charge in [-0.05, 0) is 38.5 Å². The molecule has 0 radical (unpaired) electrons. The van der Waals surface area contributed by atoms with E-state index in [2.05, 4.69) is 34.6 Å². The van der Waals surface area contributed by atoms with Crippen LogP contribution in [0.15, 0.2) is 0 Å². The van der Waals surface area contributed by atoms with Crippen LogP contribution in [0, 0.1) is 5.92 Å². The summed E-state index contributed by atoms with van der Waals surface area (Å²) in [4.78, 5) is 0. The second-order valence-electron chi connectivity index (χ2n) is 8.98. The fourth-order valence-corrected chi connectivity index (χ4v) is 3.89. The van der Waals surface area contributed by atoms with E-state index in [0.29, 0.717) is 32.5 Å². The highest BCUT2D eigenvalue weighted by Gasteiger charge is 2.43. The minimum atomic E-state index is -0.960. The molecule has 1 aliphatic rings. The van der Waals surface area contributed by atoms with E-state index in [-0.39, 0.29) is 12.0 Å². The molecule has 0 bridgehead atoms. The van der Waals surface area contributed by atoms with E-state index >= 15 is 0 Å². The topological polar surface area (TPSA) is 49.5 Å². The van der Waals surface area contributed by atoms with Crippen LogP contribution in [0.2, 0.25) is 0 Å². The van der Waals surface area contributed by atoms with Crippen molar-refractivity contribution in [1.82, 2.24) is 0 Å². The highest BCUT2D eigenvalue weighted by atomic mass is 16.9. The lowest BCUT2D eigenvalue weighted by Gasteiger charge is -2.41. The van der Waals surface area contributed by atoms with E-state index in [4.69, 9.17) is 23.7 Å². The quantitative estimate of drug-likeness (QED) is 0.0977. The van der Waals surface area contributed by atoms with Gasteiger partial charge in [-0.15, -0.1) is 0 Å². The summed E-state index contributed by atoms with van der Waals surface area (Å²) in [6.07, 6.45) is 13.7. The summed E-state index contributed by atoms with van der Waals surface area (Å²) < 4.78 is 31.0. The molecule has 1 aliphatic heterocycles. The second-order valence-corrected chi connectivity index (χ2v) is 8.98. The smallest absolute Gasteiger partial charge is 0.285 e. The van der Waals surface area contributed by atoms with Gasteiger partial charge in [0.1, 0.15) is 6.10 Å². The summed E-state index contributed by atoms with van der Waals surface area (Å²) in [5.74, 6) is -0.799. The Balaban J connectivity index is 2.97. The van der Waals surface area contributed by atoms with E-state index in [9.17, 15) is 0 Å². The molecule has 0 aromatic carbocycles. The normalized spacial score (nSPS) is 18.3. The highest BCUT2D eigenvalue weighted by molar-refractivity contribution is 4.78. The molecule has 186 valence electrons. The number of hydrogen-bond acceptors (Lipinski definition) is 5. The number of epoxide rings is 1. The van der Waals surface area contributed by atoms with Gasteiger partial charge >= 0.3 is 0 Å². The molecule has 0 aromatic heterocycles. The molecule has 1 fully saturated rings. The van der Waals surface area contributed by atoms with Gasteiger partial charge in [0.2, 0.25) is 0 Å². The molecule has 0 N–H and O–H groups in total. The van der Waals surface area contributed by atoms with Gasteiger partial charge in [-0.3, -0.25) is 0 Å². The molecular weight excluding hydrogens is 392 g/mol. The maximum Gasteiger partial charge on any atom is 0.285 e. The summed E-state index contributed by atoms with van der Waals surface area (Å²) in [5.41, 5.74) is 0. The third kappa shape index (κ3) is 12.6. The number of unbranched alkanes of at least 4 members (excludes halogenated alkanes) is 4. The first kappa shape index (κ1) is 28.8. The van der Waals surface area contributed by atoms with Crippen molar-refractivity contribution in [2.75, 3.05) is 33.0 Å². The maximum absolute atomic E-state index is 6.40. The molecule has 3 unspecified atom stereocenters. The minimum Gasteiger partial charge on any atom is -0.375 e. The molecule has 0 spiro atoms. The van der Waals surface area contributed by atoms with Crippen LogP contribution in [0.5, 0.6) is 0 Å².